The number of fused-ring (bicyclic) bond motifs is 9. The van der Waals surface area contributed by atoms with Gasteiger partial charge >= 0.3 is 0 Å². The van der Waals surface area contributed by atoms with E-state index in [9.17, 15) is 0 Å². The molecule has 2 aliphatic rings. The van der Waals surface area contributed by atoms with Crippen LogP contribution in [-0.2, 0) is 5.41 Å². The van der Waals surface area contributed by atoms with E-state index >= 15 is 0 Å². The highest BCUT2D eigenvalue weighted by Crippen LogP contribution is 2.56. The number of anilines is 3. The monoisotopic (exact) mass is 626 g/mol. The molecule has 0 saturated heterocycles. The van der Waals surface area contributed by atoms with Gasteiger partial charge in [-0.2, -0.15) is 0 Å². The molecule has 4 aromatic heterocycles. The fourth-order valence-corrected chi connectivity index (χ4v) is 10.1. The van der Waals surface area contributed by atoms with E-state index in [1.165, 1.54) is 82.5 Å². The maximum Gasteiger partial charge on any atom is 0.195 e. The minimum atomic E-state index is -0.215. The van der Waals surface area contributed by atoms with E-state index in [2.05, 4.69) is 148 Å². The van der Waals surface area contributed by atoms with Gasteiger partial charge in [-0.25, -0.2) is 4.98 Å². The maximum absolute atomic E-state index is 5.24. The van der Waals surface area contributed by atoms with E-state index in [1.807, 2.05) is 11.3 Å². The first-order valence-electron chi connectivity index (χ1n) is 15.6. The van der Waals surface area contributed by atoms with Gasteiger partial charge in [0.15, 0.2) is 10.8 Å². The van der Waals surface area contributed by atoms with E-state index < -0.39 is 0 Å². The molecule has 0 spiro atoms. The van der Waals surface area contributed by atoms with Gasteiger partial charge in [-0.15, -0.1) is 22.7 Å². The van der Waals surface area contributed by atoms with Crippen LogP contribution in [0.25, 0.3) is 64.9 Å². The van der Waals surface area contributed by atoms with Gasteiger partial charge < -0.3 is 4.90 Å². The summed E-state index contributed by atoms with van der Waals surface area (Å²) in [6, 6.07) is 37.9. The summed E-state index contributed by atoms with van der Waals surface area (Å²) in [5.74, 6) is 1.05. The number of imidazole rings is 1. The number of nitrogens with zero attached hydrogens (tertiary/aromatic N) is 4. The van der Waals surface area contributed by atoms with Crippen molar-refractivity contribution in [1.29, 1.82) is 0 Å². The summed E-state index contributed by atoms with van der Waals surface area (Å²) in [4.78, 5) is 8.71. The van der Waals surface area contributed by atoms with Gasteiger partial charge in [-0.05, 0) is 54.8 Å². The second kappa shape index (κ2) is 8.55. The second-order valence-electron chi connectivity index (χ2n) is 12.9. The minimum Gasteiger partial charge on any atom is -0.308 e. The van der Waals surface area contributed by atoms with Crippen LogP contribution < -0.4 is 4.90 Å². The van der Waals surface area contributed by atoms with Crippen LogP contribution in [0.2, 0.25) is 0 Å². The standard InChI is InChI=1S/C40H26N4S2/c1-40(2)29-19-18-26(33-28-13-7-9-15-31(28)44(35(29)33)38-37(40)42-20-21-45-39(42)41-38)27-17-16-25-24-12-6-8-14-30(24)43(23-10-4-3-5-11-23)32-22-46-36(27)34(25)32/h3-22H,1-2H3. The van der Waals surface area contributed by atoms with Crippen LogP contribution in [0.15, 0.2) is 120 Å². The average molecular weight is 627 g/mol. The van der Waals surface area contributed by atoms with E-state index in [0.29, 0.717) is 0 Å². The van der Waals surface area contributed by atoms with Gasteiger partial charge in [0.1, 0.15) is 0 Å². The number of aromatic nitrogens is 3. The third-order valence-electron chi connectivity index (χ3n) is 10.2. The van der Waals surface area contributed by atoms with Crippen molar-refractivity contribution < 1.29 is 0 Å². The van der Waals surface area contributed by atoms with Crippen molar-refractivity contribution >= 4 is 76.6 Å². The molecule has 0 bridgehead atoms. The first-order valence-corrected chi connectivity index (χ1v) is 17.4. The van der Waals surface area contributed by atoms with Crippen LogP contribution in [0.1, 0.15) is 25.1 Å². The van der Waals surface area contributed by atoms with Crippen LogP contribution in [0.3, 0.4) is 0 Å². The van der Waals surface area contributed by atoms with E-state index in [0.717, 1.165) is 10.8 Å². The van der Waals surface area contributed by atoms with Gasteiger partial charge in [-0.3, -0.25) is 8.97 Å². The Morgan fingerprint density at radius 2 is 1.43 bits per heavy atom. The molecule has 0 fully saturated rings. The summed E-state index contributed by atoms with van der Waals surface area (Å²) >= 11 is 3.56. The zero-order valence-electron chi connectivity index (χ0n) is 25.2. The molecule has 4 nitrogen and oxygen atoms in total. The predicted molar refractivity (Wildman–Crippen MR) is 194 cm³/mol. The average Bonchev–Trinajstić information content (AvgIpc) is 3.87. The van der Waals surface area contributed by atoms with E-state index in [4.69, 9.17) is 4.98 Å². The summed E-state index contributed by atoms with van der Waals surface area (Å²) in [7, 11) is 0. The van der Waals surface area contributed by atoms with E-state index in [1.54, 1.807) is 11.3 Å². The summed E-state index contributed by atoms with van der Waals surface area (Å²) in [6.45, 7) is 4.71. The summed E-state index contributed by atoms with van der Waals surface area (Å²) in [5.41, 5.74) is 13.7. The Balaban J connectivity index is 1.25. The number of benzene rings is 5. The van der Waals surface area contributed by atoms with Gasteiger partial charge in [0, 0.05) is 60.0 Å². The molecule has 218 valence electrons. The van der Waals surface area contributed by atoms with Gasteiger partial charge in [-0.1, -0.05) is 78.9 Å². The number of thiazole rings is 1. The first kappa shape index (κ1) is 25.1. The Morgan fingerprint density at radius 3 is 2.35 bits per heavy atom. The Hall–Kier alpha value is -5.17. The van der Waals surface area contributed by atoms with Crippen molar-refractivity contribution in [3.05, 3.63) is 131 Å². The molecule has 6 heterocycles. The van der Waals surface area contributed by atoms with Gasteiger partial charge in [0.25, 0.3) is 0 Å². The molecule has 0 aliphatic carbocycles. The van der Waals surface area contributed by atoms with Crippen LogP contribution in [0, 0.1) is 0 Å². The molecular formula is C40H26N4S2. The quantitative estimate of drug-likeness (QED) is 0.191. The zero-order chi connectivity index (χ0) is 30.3. The van der Waals surface area contributed by atoms with E-state index in [-0.39, 0.29) is 5.41 Å². The molecule has 6 heteroatoms. The zero-order valence-corrected chi connectivity index (χ0v) is 26.8. The number of thiophene rings is 1. The largest absolute Gasteiger partial charge is 0.308 e. The molecule has 0 saturated carbocycles. The topological polar surface area (TPSA) is 25.5 Å². The fourth-order valence-electron chi connectivity index (χ4n) is 8.30. The lowest BCUT2D eigenvalue weighted by atomic mass is 9.77. The maximum atomic E-state index is 5.24. The Labute approximate surface area is 273 Å². The second-order valence-corrected chi connectivity index (χ2v) is 14.6. The number of hydrogen-bond donors (Lipinski definition) is 0. The number of rotatable bonds is 2. The van der Waals surface area contributed by atoms with Crippen LogP contribution in [0.5, 0.6) is 0 Å². The highest BCUT2D eigenvalue weighted by Gasteiger charge is 2.40. The van der Waals surface area contributed by atoms with Crippen molar-refractivity contribution in [2.24, 2.45) is 0 Å². The predicted octanol–water partition coefficient (Wildman–Crippen LogP) is 11.5. The molecule has 9 aromatic rings. The Morgan fingerprint density at radius 1 is 0.674 bits per heavy atom. The lowest BCUT2D eigenvalue weighted by Crippen LogP contribution is -2.27. The van der Waals surface area contributed by atoms with Crippen LogP contribution >= 0.6 is 22.7 Å². The third kappa shape index (κ3) is 2.93. The fraction of sp³-hybridized carbons (Fsp3) is 0.0750. The molecule has 0 radical (unpaired) electrons. The molecule has 0 unspecified atom stereocenters. The number of hydrogen-bond acceptors (Lipinski definition) is 4. The van der Waals surface area contributed by atoms with Crippen LogP contribution in [0.4, 0.5) is 17.1 Å². The Kier molecular flexibility index (Phi) is 4.66. The van der Waals surface area contributed by atoms with Crippen molar-refractivity contribution in [2.45, 2.75) is 19.3 Å². The normalized spacial score (nSPS) is 14.4. The van der Waals surface area contributed by atoms with Crippen molar-refractivity contribution in [1.82, 2.24) is 14.0 Å². The SMILES string of the molecule is CC1(C)c2ccc(-c3ccc4c5c(csc35)N(c3ccccc3)c3ccccc3-4)c3c4ccccc4n(c23)-c2nc3sccn3c21. The first-order chi connectivity index (χ1) is 22.6. The summed E-state index contributed by atoms with van der Waals surface area (Å²) in [6.07, 6.45) is 2.17. The molecule has 2 aliphatic heterocycles. The lowest BCUT2D eigenvalue weighted by molar-refractivity contribution is 0.600. The van der Waals surface area contributed by atoms with Crippen molar-refractivity contribution in [3.8, 4) is 28.1 Å². The van der Waals surface area contributed by atoms with Crippen LogP contribution in [-0.4, -0.2) is 14.0 Å². The number of para-hydroxylation sites is 3. The summed E-state index contributed by atoms with van der Waals surface area (Å²) < 4.78 is 6.06. The highest BCUT2D eigenvalue weighted by atomic mass is 32.1. The molecule has 0 N–H and O–H groups in total. The third-order valence-corrected chi connectivity index (χ3v) is 12.0. The van der Waals surface area contributed by atoms with Gasteiger partial charge in [0.05, 0.1) is 28.1 Å². The molecule has 5 aromatic carbocycles. The summed E-state index contributed by atoms with van der Waals surface area (Å²) in [5, 5.41) is 8.40. The molecule has 46 heavy (non-hydrogen) atoms. The molecule has 0 atom stereocenters. The lowest BCUT2D eigenvalue weighted by Gasteiger charge is -2.32. The smallest absolute Gasteiger partial charge is 0.195 e. The minimum absolute atomic E-state index is 0.215. The highest BCUT2D eigenvalue weighted by molar-refractivity contribution is 7.18. The molecular weight excluding hydrogens is 601 g/mol. The molecule has 0 amide bonds. The Bertz CT molecular complexity index is 2740. The van der Waals surface area contributed by atoms with Crippen molar-refractivity contribution in [2.75, 3.05) is 4.90 Å². The van der Waals surface area contributed by atoms with Crippen molar-refractivity contribution in [3.63, 3.8) is 0 Å². The molecule has 11 rings (SSSR count). The van der Waals surface area contributed by atoms with Gasteiger partial charge in [0.2, 0.25) is 0 Å².